The molecule has 0 spiro atoms. The predicted octanol–water partition coefficient (Wildman–Crippen LogP) is 3.53. The average Bonchev–Trinajstić information content (AvgIpc) is 3.33. The van der Waals surface area contributed by atoms with E-state index in [2.05, 4.69) is 39.6 Å². The highest BCUT2D eigenvalue weighted by Gasteiger charge is 2.24. The third-order valence-corrected chi connectivity index (χ3v) is 5.04. The third-order valence-electron chi connectivity index (χ3n) is 4.79. The van der Waals surface area contributed by atoms with Crippen LogP contribution >= 0.6 is 11.6 Å². The van der Waals surface area contributed by atoms with Gasteiger partial charge in [0.05, 0.1) is 17.4 Å². The van der Waals surface area contributed by atoms with Gasteiger partial charge >= 0.3 is 0 Å². The summed E-state index contributed by atoms with van der Waals surface area (Å²) in [6, 6.07) is 17.9. The third kappa shape index (κ3) is 4.38. The molecule has 1 fully saturated rings. The molecule has 1 unspecified atom stereocenters. The van der Waals surface area contributed by atoms with Gasteiger partial charge in [0.25, 0.3) is 5.91 Å². The van der Waals surface area contributed by atoms with Crippen molar-refractivity contribution in [2.45, 2.75) is 19.0 Å². The van der Waals surface area contributed by atoms with Crippen molar-refractivity contribution in [3.63, 3.8) is 0 Å². The lowest BCUT2D eigenvalue weighted by molar-refractivity contribution is 0.0937. The number of rotatable bonds is 5. The van der Waals surface area contributed by atoms with Crippen LogP contribution in [0.15, 0.2) is 67.0 Å². The number of amides is 1. The number of hydrogen-bond acceptors (Lipinski definition) is 3. The maximum Gasteiger partial charge on any atom is 0.254 e. The number of likely N-dealkylation sites (tertiary alicyclic amines) is 1. The topological polar surface area (TPSA) is 50.2 Å². The summed E-state index contributed by atoms with van der Waals surface area (Å²) in [4.78, 5) is 14.9. The van der Waals surface area contributed by atoms with E-state index in [1.54, 1.807) is 29.2 Å². The second-order valence-corrected chi connectivity index (χ2v) is 7.27. The van der Waals surface area contributed by atoms with Crippen LogP contribution in [0.4, 0.5) is 0 Å². The molecular formula is C21H21ClN4O. The van der Waals surface area contributed by atoms with Gasteiger partial charge in [-0.2, -0.15) is 5.10 Å². The van der Waals surface area contributed by atoms with Gasteiger partial charge in [-0.25, -0.2) is 4.68 Å². The van der Waals surface area contributed by atoms with Crippen LogP contribution in [-0.2, 0) is 6.54 Å². The Morgan fingerprint density at radius 1 is 1.15 bits per heavy atom. The number of halogens is 1. The number of carbonyl (C=O) groups excluding carboxylic acids is 1. The fourth-order valence-corrected chi connectivity index (χ4v) is 3.51. The van der Waals surface area contributed by atoms with Crippen molar-refractivity contribution in [2.24, 2.45) is 0 Å². The van der Waals surface area contributed by atoms with Gasteiger partial charge in [0, 0.05) is 36.9 Å². The zero-order chi connectivity index (χ0) is 18.6. The largest absolute Gasteiger partial charge is 0.348 e. The maximum atomic E-state index is 12.6. The van der Waals surface area contributed by atoms with Crippen molar-refractivity contribution in [3.05, 3.63) is 83.1 Å². The molecule has 3 aromatic rings. The van der Waals surface area contributed by atoms with E-state index in [9.17, 15) is 4.79 Å². The van der Waals surface area contributed by atoms with Crippen LogP contribution in [0.5, 0.6) is 0 Å². The molecule has 1 amide bonds. The Morgan fingerprint density at radius 3 is 2.70 bits per heavy atom. The Labute approximate surface area is 163 Å². The molecule has 1 aromatic heterocycles. The van der Waals surface area contributed by atoms with Gasteiger partial charge in [0.2, 0.25) is 0 Å². The number of aromatic nitrogens is 2. The summed E-state index contributed by atoms with van der Waals surface area (Å²) in [5.41, 5.74) is 2.73. The molecule has 2 heterocycles. The number of hydrogen-bond donors (Lipinski definition) is 1. The lowest BCUT2D eigenvalue weighted by Gasteiger charge is -2.16. The minimum Gasteiger partial charge on any atom is -0.348 e. The fourth-order valence-electron chi connectivity index (χ4n) is 3.38. The lowest BCUT2D eigenvalue weighted by atomic mass is 10.2. The molecule has 0 saturated carbocycles. The average molecular weight is 381 g/mol. The molecule has 0 radical (unpaired) electrons. The van der Waals surface area contributed by atoms with Gasteiger partial charge in [-0.3, -0.25) is 9.69 Å². The van der Waals surface area contributed by atoms with Crippen molar-refractivity contribution in [2.75, 3.05) is 13.1 Å². The lowest BCUT2D eigenvalue weighted by Crippen LogP contribution is -2.36. The first-order valence-electron chi connectivity index (χ1n) is 9.05. The van der Waals surface area contributed by atoms with Gasteiger partial charge in [-0.05, 0) is 36.2 Å². The Balaban J connectivity index is 1.34. The van der Waals surface area contributed by atoms with Gasteiger partial charge in [-0.15, -0.1) is 0 Å². The molecule has 1 aliphatic rings. The number of benzene rings is 2. The molecule has 1 saturated heterocycles. The van der Waals surface area contributed by atoms with E-state index in [1.807, 2.05) is 18.2 Å². The highest BCUT2D eigenvalue weighted by atomic mass is 35.5. The number of carbonyl (C=O) groups is 1. The van der Waals surface area contributed by atoms with Crippen LogP contribution in [0, 0.1) is 0 Å². The van der Waals surface area contributed by atoms with Crippen LogP contribution in [0.25, 0.3) is 5.69 Å². The van der Waals surface area contributed by atoms with Crippen molar-refractivity contribution in [1.29, 1.82) is 0 Å². The summed E-state index contributed by atoms with van der Waals surface area (Å²) in [6.07, 6.45) is 4.31. The van der Waals surface area contributed by atoms with Crippen molar-refractivity contribution in [3.8, 4) is 5.69 Å². The van der Waals surface area contributed by atoms with E-state index in [0.717, 1.165) is 31.7 Å². The van der Waals surface area contributed by atoms with Crippen molar-refractivity contribution in [1.82, 2.24) is 20.0 Å². The molecule has 5 nitrogen and oxygen atoms in total. The molecule has 1 aliphatic heterocycles. The highest BCUT2D eigenvalue weighted by molar-refractivity contribution is 6.30. The summed E-state index contributed by atoms with van der Waals surface area (Å²) in [6.45, 7) is 2.78. The van der Waals surface area contributed by atoms with Gasteiger partial charge in [0.15, 0.2) is 0 Å². The first-order chi connectivity index (χ1) is 13.2. The SMILES string of the molecule is O=C(NC1CCN(Cc2ccccc2)C1)c1cnn(-c2ccc(Cl)cc2)c1. The summed E-state index contributed by atoms with van der Waals surface area (Å²) in [5.74, 6) is -0.0817. The predicted molar refractivity (Wildman–Crippen MR) is 106 cm³/mol. The van der Waals surface area contributed by atoms with Crippen LogP contribution in [0.1, 0.15) is 22.3 Å². The summed E-state index contributed by atoms with van der Waals surface area (Å²) < 4.78 is 1.68. The van der Waals surface area contributed by atoms with E-state index in [4.69, 9.17) is 11.6 Å². The smallest absolute Gasteiger partial charge is 0.254 e. The summed E-state index contributed by atoms with van der Waals surface area (Å²) in [7, 11) is 0. The monoisotopic (exact) mass is 380 g/mol. The molecule has 2 aromatic carbocycles. The molecule has 1 N–H and O–H groups in total. The van der Waals surface area contributed by atoms with E-state index in [-0.39, 0.29) is 11.9 Å². The molecule has 138 valence electrons. The van der Waals surface area contributed by atoms with E-state index in [1.165, 1.54) is 5.56 Å². The molecule has 4 rings (SSSR count). The summed E-state index contributed by atoms with van der Waals surface area (Å²) in [5, 5.41) is 8.09. The highest BCUT2D eigenvalue weighted by Crippen LogP contribution is 2.15. The molecule has 27 heavy (non-hydrogen) atoms. The molecule has 6 heteroatoms. The zero-order valence-electron chi connectivity index (χ0n) is 14.9. The van der Waals surface area contributed by atoms with Gasteiger partial charge in [0.1, 0.15) is 0 Å². The standard InChI is InChI=1S/C21H21ClN4O/c22-18-6-8-20(9-7-18)26-14-17(12-23-26)21(27)24-19-10-11-25(15-19)13-16-4-2-1-3-5-16/h1-9,12,14,19H,10-11,13,15H2,(H,24,27). The molecule has 0 bridgehead atoms. The van der Waals surface area contributed by atoms with Crippen LogP contribution in [0.2, 0.25) is 5.02 Å². The normalized spacial score (nSPS) is 17.1. The zero-order valence-corrected chi connectivity index (χ0v) is 15.6. The quantitative estimate of drug-likeness (QED) is 0.736. The van der Waals surface area contributed by atoms with E-state index < -0.39 is 0 Å². The second kappa shape index (κ2) is 7.94. The van der Waals surface area contributed by atoms with Crippen molar-refractivity contribution < 1.29 is 4.79 Å². The minimum absolute atomic E-state index is 0.0817. The Kier molecular flexibility index (Phi) is 5.23. The molecule has 1 atom stereocenters. The molecule has 0 aliphatic carbocycles. The number of nitrogens with one attached hydrogen (secondary N) is 1. The summed E-state index contributed by atoms with van der Waals surface area (Å²) >= 11 is 5.91. The van der Waals surface area contributed by atoms with Gasteiger partial charge in [-0.1, -0.05) is 41.9 Å². The second-order valence-electron chi connectivity index (χ2n) is 6.83. The number of nitrogens with zero attached hydrogens (tertiary/aromatic N) is 3. The van der Waals surface area contributed by atoms with Crippen LogP contribution in [-0.4, -0.2) is 39.7 Å². The Morgan fingerprint density at radius 2 is 1.93 bits per heavy atom. The Bertz CT molecular complexity index is 907. The van der Waals surface area contributed by atoms with Gasteiger partial charge < -0.3 is 5.32 Å². The maximum absolute atomic E-state index is 12.6. The van der Waals surface area contributed by atoms with Crippen molar-refractivity contribution >= 4 is 17.5 Å². The first-order valence-corrected chi connectivity index (χ1v) is 9.43. The van der Waals surface area contributed by atoms with E-state index in [0.29, 0.717) is 10.6 Å². The molecular weight excluding hydrogens is 360 g/mol. The van der Waals surface area contributed by atoms with Crippen LogP contribution < -0.4 is 5.32 Å². The fraction of sp³-hybridized carbons (Fsp3) is 0.238. The Hall–Kier alpha value is -2.63. The van der Waals surface area contributed by atoms with Crippen LogP contribution in [0.3, 0.4) is 0 Å². The van der Waals surface area contributed by atoms with E-state index >= 15 is 0 Å². The first kappa shape index (κ1) is 17.8. The minimum atomic E-state index is -0.0817.